The number of rotatable bonds is 8. The summed E-state index contributed by atoms with van der Waals surface area (Å²) in [5.41, 5.74) is 0. The van der Waals surface area contributed by atoms with Crippen LogP contribution >= 0.6 is 0 Å². The first-order valence-corrected chi connectivity index (χ1v) is 6.79. The van der Waals surface area contributed by atoms with Gasteiger partial charge in [0.05, 0.1) is 6.54 Å². The maximum absolute atomic E-state index is 11.5. The largest absolute Gasteiger partial charge is 0.484 e. The Morgan fingerprint density at radius 1 is 1.10 bits per heavy atom. The van der Waals surface area contributed by atoms with Gasteiger partial charge < -0.3 is 15.4 Å². The molecule has 110 valence electrons. The van der Waals surface area contributed by atoms with E-state index in [0.717, 1.165) is 6.42 Å². The first-order chi connectivity index (χ1) is 9.58. The summed E-state index contributed by atoms with van der Waals surface area (Å²) in [6.45, 7) is 4.70. The van der Waals surface area contributed by atoms with Crippen LogP contribution < -0.4 is 15.4 Å². The lowest BCUT2D eigenvalue weighted by Crippen LogP contribution is -2.39. The van der Waals surface area contributed by atoms with E-state index in [0.29, 0.717) is 18.2 Å². The van der Waals surface area contributed by atoms with Crippen LogP contribution in [0, 0.1) is 5.92 Å². The highest BCUT2D eigenvalue weighted by molar-refractivity contribution is 5.85. The fraction of sp³-hybridized carbons (Fsp3) is 0.467. The molecule has 2 amide bonds. The number of nitrogens with one attached hydrogen (secondary N) is 2. The molecule has 2 N–H and O–H groups in total. The van der Waals surface area contributed by atoms with Gasteiger partial charge in [0.15, 0.2) is 6.61 Å². The molecule has 0 aromatic heterocycles. The molecule has 0 fully saturated rings. The van der Waals surface area contributed by atoms with E-state index in [9.17, 15) is 9.59 Å². The molecule has 5 heteroatoms. The number of carbonyl (C=O) groups excluding carboxylic acids is 2. The second-order valence-electron chi connectivity index (χ2n) is 4.91. The molecule has 0 unspecified atom stereocenters. The van der Waals surface area contributed by atoms with Gasteiger partial charge in [0, 0.05) is 6.54 Å². The highest BCUT2D eigenvalue weighted by Gasteiger charge is 2.06. The summed E-state index contributed by atoms with van der Waals surface area (Å²) in [6.07, 6.45) is 0.927. The van der Waals surface area contributed by atoms with Crippen molar-refractivity contribution < 1.29 is 14.3 Å². The van der Waals surface area contributed by atoms with E-state index in [4.69, 9.17) is 4.74 Å². The van der Waals surface area contributed by atoms with E-state index in [-0.39, 0.29) is 25.0 Å². The highest BCUT2D eigenvalue weighted by Crippen LogP contribution is 2.07. The molecule has 5 nitrogen and oxygen atoms in total. The van der Waals surface area contributed by atoms with Crippen molar-refractivity contribution in [3.8, 4) is 5.75 Å². The van der Waals surface area contributed by atoms with Crippen LogP contribution in [0.15, 0.2) is 30.3 Å². The normalized spacial score (nSPS) is 10.2. The third-order valence-corrected chi connectivity index (χ3v) is 2.60. The third kappa shape index (κ3) is 7.41. The number of hydrogen-bond donors (Lipinski definition) is 2. The van der Waals surface area contributed by atoms with Gasteiger partial charge in [-0.1, -0.05) is 32.0 Å². The van der Waals surface area contributed by atoms with E-state index < -0.39 is 0 Å². The summed E-state index contributed by atoms with van der Waals surface area (Å²) in [4.78, 5) is 22.9. The van der Waals surface area contributed by atoms with Crippen molar-refractivity contribution in [2.45, 2.75) is 20.3 Å². The van der Waals surface area contributed by atoms with E-state index in [1.807, 2.05) is 18.2 Å². The van der Waals surface area contributed by atoms with Crippen LogP contribution in [-0.2, 0) is 9.59 Å². The first kappa shape index (κ1) is 16.0. The molecule has 0 radical (unpaired) electrons. The predicted octanol–water partition coefficient (Wildman–Crippen LogP) is 1.34. The van der Waals surface area contributed by atoms with Gasteiger partial charge in [0.25, 0.3) is 5.91 Å². The Balaban J connectivity index is 2.12. The zero-order valence-corrected chi connectivity index (χ0v) is 12.0. The van der Waals surface area contributed by atoms with Crippen molar-refractivity contribution in [3.63, 3.8) is 0 Å². The minimum absolute atomic E-state index is 0.0188. The summed E-state index contributed by atoms with van der Waals surface area (Å²) in [5.74, 6) is 0.680. The molecule has 0 spiro atoms. The van der Waals surface area contributed by atoms with Gasteiger partial charge in [0.1, 0.15) is 5.75 Å². The monoisotopic (exact) mass is 278 g/mol. The number of para-hydroxylation sites is 1. The second-order valence-corrected chi connectivity index (χ2v) is 4.91. The first-order valence-electron chi connectivity index (χ1n) is 6.79. The molecule has 0 atom stereocenters. The fourth-order valence-electron chi connectivity index (χ4n) is 1.46. The molecule has 0 saturated carbocycles. The molecular weight excluding hydrogens is 256 g/mol. The lowest BCUT2D eigenvalue weighted by Gasteiger charge is -2.09. The third-order valence-electron chi connectivity index (χ3n) is 2.60. The number of amides is 2. The molecule has 1 rings (SSSR count). The molecule has 20 heavy (non-hydrogen) atoms. The molecule has 1 aromatic carbocycles. The van der Waals surface area contributed by atoms with E-state index in [1.165, 1.54) is 0 Å². The summed E-state index contributed by atoms with van der Waals surface area (Å²) in [6, 6.07) is 9.07. The average Bonchev–Trinajstić information content (AvgIpc) is 2.43. The predicted molar refractivity (Wildman–Crippen MR) is 77.4 cm³/mol. The fourth-order valence-corrected chi connectivity index (χ4v) is 1.46. The molecule has 0 saturated heterocycles. The van der Waals surface area contributed by atoms with Crippen molar-refractivity contribution in [1.29, 1.82) is 0 Å². The lowest BCUT2D eigenvalue weighted by atomic mass is 10.1. The van der Waals surface area contributed by atoms with Crippen LogP contribution in [0.25, 0.3) is 0 Å². The summed E-state index contributed by atoms with van der Waals surface area (Å²) >= 11 is 0. The van der Waals surface area contributed by atoms with Crippen LogP contribution in [0.4, 0.5) is 0 Å². The Morgan fingerprint density at radius 3 is 2.45 bits per heavy atom. The molecule has 0 bridgehead atoms. The zero-order chi connectivity index (χ0) is 14.8. The number of ether oxygens (including phenoxy) is 1. The van der Waals surface area contributed by atoms with E-state index >= 15 is 0 Å². The smallest absolute Gasteiger partial charge is 0.258 e. The summed E-state index contributed by atoms with van der Waals surface area (Å²) in [5, 5.41) is 5.26. The SMILES string of the molecule is CC(C)CCNC(=O)CNC(=O)COc1ccccc1. The van der Waals surface area contributed by atoms with Gasteiger partial charge in [-0.05, 0) is 24.5 Å². The molecule has 0 aliphatic heterocycles. The van der Waals surface area contributed by atoms with Gasteiger partial charge in [-0.3, -0.25) is 9.59 Å². The zero-order valence-electron chi connectivity index (χ0n) is 12.0. The molecule has 0 aliphatic rings. The van der Waals surface area contributed by atoms with E-state index in [2.05, 4.69) is 24.5 Å². The van der Waals surface area contributed by atoms with Crippen LogP contribution in [-0.4, -0.2) is 31.5 Å². The maximum atomic E-state index is 11.5. The molecule has 0 heterocycles. The van der Waals surface area contributed by atoms with Crippen molar-refractivity contribution in [3.05, 3.63) is 30.3 Å². The second kappa shape index (κ2) is 8.96. The Labute approximate surface area is 119 Å². The van der Waals surface area contributed by atoms with Gasteiger partial charge >= 0.3 is 0 Å². The minimum Gasteiger partial charge on any atom is -0.484 e. The summed E-state index contributed by atoms with van der Waals surface area (Å²) < 4.78 is 5.27. The van der Waals surface area contributed by atoms with Crippen LogP contribution in [0.5, 0.6) is 5.75 Å². The van der Waals surface area contributed by atoms with Crippen molar-refractivity contribution >= 4 is 11.8 Å². The van der Waals surface area contributed by atoms with Gasteiger partial charge in [-0.2, -0.15) is 0 Å². The van der Waals surface area contributed by atoms with Gasteiger partial charge in [-0.25, -0.2) is 0 Å². The van der Waals surface area contributed by atoms with Gasteiger partial charge in [0.2, 0.25) is 5.91 Å². The highest BCUT2D eigenvalue weighted by atomic mass is 16.5. The molecule has 0 aliphatic carbocycles. The standard InChI is InChI=1S/C15H22N2O3/c1-12(2)8-9-16-14(18)10-17-15(19)11-20-13-6-4-3-5-7-13/h3-7,12H,8-11H2,1-2H3,(H,16,18)(H,17,19). The van der Waals surface area contributed by atoms with Crippen LogP contribution in [0.1, 0.15) is 20.3 Å². The summed E-state index contributed by atoms with van der Waals surface area (Å²) in [7, 11) is 0. The van der Waals surface area contributed by atoms with E-state index in [1.54, 1.807) is 12.1 Å². The quantitative estimate of drug-likeness (QED) is 0.754. The lowest BCUT2D eigenvalue weighted by molar-refractivity contribution is -0.127. The Morgan fingerprint density at radius 2 is 1.80 bits per heavy atom. The Bertz CT molecular complexity index is 418. The van der Waals surface area contributed by atoms with Crippen molar-refractivity contribution in [1.82, 2.24) is 10.6 Å². The number of hydrogen-bond acceptors (Lipinski definition) is 3. The number of benzene rings is 1. The number of carbonyl (C=O) groups is 2. The van der Waals surface area contributed by atoms with Crippen molar-refractivity contribution in [2.24, 2.45) is 5.92 Å². The van der Waals surface area contributed by atoms with Crippen LogP contribution in [0.3, 0.4) is 0 Å². The average molecular weight is 278 g/mol. The Kier molecular flexibility index (Phi) is 7.17. The Hall–Kier alpha value is -2.04. The van der Waals surface area contributed by atoms with Crippen molar-refractivity contribution in [2.75, 3.05) is 19.7 Å². The van der Waals surface area contributed by atoms with Gasteiger partial charge in [-0.15, -0.1) is 0 Å². The minimum atomic E-state index is -0.312. The molecular formula is C15H22N2O3. The topological polar surface area (TPSA) is 67.4 Å². The maximum Gasteiger partial charge on any atom is 0.258 e. The van der Waals surface area contributed by atoms with Crippen LogP contribution in [0.2, 0.25) is 0 Å². The molecule has 1 aromatic rings.